The highest BCUT2D eigenvalue weighted by Gasteiger charge is 2.14. The standard InChI is InChI=1S/C23H21NO5/c1-27-20-12-18(13-21(14-20)28-2)23(26)29-19-10-6-9-17(11-19)22(25)24-15-16-7-4-3-5-8-16/h3-14H,15H2,1-2H3,(H,24,25). The van der Waals surface area contributed by atoms with Crippen molar-refractivity contribution in [1.29, 1.82) is 0 Å². The molecule has 148 valence electrons. The number of hydrogen-bond donors (Lipinski definition) is 1. The normalized spacial score (nSPS) is 10.1. The third-order valence-electron chi connectivity index (χ3n) is 4.19. The van der Waals surface area contributed by atoms with Crippen LogP contribution in [0.25, 0.3) is 0 Å². The highest BCUT2D eigenvalue weighted by atomic mass is 16.5. The lowest BCUT2D eigenvalue weighted by molar-refractivity contribution is 0.0732. The maximum absolute atomic E-state index is 12.5. The maximum atomic E-state index is 12.5. The Balaban J connectivity index is 1.69. The molecule has 29 heavy (non-hydrogen) atoms. The maximum Gasteiger partial charge on any atom is 0.343 e. The zero-order chi connectivity index (χ0) is 20.6. The van der Waals surface area contributed by atoms with Gasteiger partial charge in [0.05, 0.1) is 19.8 Å². The van der Waals surface area contributed by atoms with E-state index in [1.54, 1.807) is 36.4 Å². The second-order valence-corrected chi connectivity index (χ2v) is 6.19. The Morgan fingerprint density at radius 1 is 0.759 bits per heavy atom. The van der Waals surface area contributed by atoms with E-state index in [2.05, 4.69) is 5.32 Å². The predicted molar refractivity (Wildman–Crippen MR) is 109 cm³/mol. The average Bonchev–Trinajstić information content (AvgIpc) is 2.77. The molecular weight excluding hydrogens is 370 g/mol. The molecule has 0 saturated heterocycles. The summed E-state index contributed by atoms with van der Waals surface area (Å²) in [6.45, 7) is 0.410. The van der Waals surface area contributed by atoms with Gasteiger partial charge >= 0.3 is 5.97 Å². The van der Waals surface area contributed by atoms with Gasteiger partial charge in [-0.05, 0) is 35.9 Å². The van der Waals surface area contributed by atoms with E-state index >= 15 is 0 Å². The Kier molecular flexibility index (Phi) is 6.47. The molecule has 0 aliphatic rings. The van der Waals surface area contributed by atoms with E-state index in [0.717, 1.165) is 5.56 Å². The molecule has 6 nitrogen and oxygen atoms in total. The number of hydrogen-bond acceptors (Lipinski definition) is 5. The summed E-state index contributed by atoms with van der Waals surface area (Å²) in [6, 6.07) is 20.8. The van der Waals surface area contributed by atoms with E-state index < -0.39 is 5.97 Å². The second-order valence-electron chi connectivity index (χ2n) is 6.19. The van der Waals surface area contributed by atoms with Gasteiger partial charge in [-0.15, -0.1) is 0 Å². The second kappa shape index (κ2) is 9.41. The molecule has 0 bridgehead atoms. The number of nitrogens with one attached hydrogen (secondary N) is 1. The Morgan fingerprint density at radius 3 is 2.07 bits per heavy atom. The van der Waals surface area contributed by atoms with Gasteiger partial charge in [0.25, 0.3) is 5.91 Å². The molecule has 3 aromatic rings. The molecule has 0 aliphatic heterocycles. The van der Waals surface area contributed by atoms with Gasteiger partial charge in [0.1, 0.15) is 17.2 Å². The number of rotatable bonds is 7. The van der Waals surface area contributed by atoms with Crippen LogP contribution in [0.15, 0.2) is 72.8 Å². The van der Waals surface area contributed by atoms with Gasteiger partial charge in [-0.25, -0.2) is 4.79 Å². The summed E-state index contributed by atoms with van der Waals surface area (Å²) in [5.41, 5.74) is 1.67. The molecule has 0 saturated carbocycles. The molecule has 0 unspecified atom stereocenters. The summed E-state index contributed by atoms with van der Waals surface area (Å²) in [5, 5.41) is 2.85. The molecule has 0 heterocycles. The lowest BCUT2D eigenvalue weighted by Crippen LogP contribution is -2.22. The number of benzene rings is 3. The van der Waals surface area contributed by atoms with Crippen molar-refractivity contribution >= 4 is 11.9 Å². The third-order valence-corrected chi connectivity index (χ3v) is 4.19. The summed E-state index contributed by atoms with van der Waals surface area (Å²) in [5.74, 6) is 0.388. The fraction of sp³-hybridized carbons (Fsp3) is 0.130. The zero-order valence-electron chi connectivity index (χ0n) is 16.2. The smallest absolute Gasteiger partial charge is 0.343 e. The summed E-state index contributed by atoms with van der Waals surface area (Å²) in [7, 11) is 3.00. The van der Waals surface area contributed by atoms with Crippen molar-refractivity contribution < 1.29 is 23.8 Å². The van der Waals surface area contributed by atoms with Crippen LogP contribution in [0.2, 0.25) is 0 Å². The minimum Gasteiger partial charge on any atom is -0.497 e. The summed E-state index contributed by atoms with van der Waals surface area (Å²) >= 11 is 0. The Labute approximate surface area is 169 Å². The molecule has 1 N–H and O–H groups in total. The molecule has 0 aromatic heterocycles. The van der Waals surface area contributed by atoms with Gasteiger partial charge in [-0.1, -0.05) is 36.4 Å². The van der Waals surface area contributed by atoms with Crippen LogP contribution in [0.4, 0.5) is 0 Å². The van der Waals surface area contributed by atoms with Gasteiger partial charge in [-0.3, -0.25) is 4.79 Å². The first-order chi connectivity index (χ1) is 14.1. The number of ether oxygens (including phenoxy) is 3. The van der Waals surface area contributed by atoms with Crippen molar-refractivity contribution in [3.63, 3.8) is 0 Å². The fourth-order valence-corrected chi connectivity index (χ4v) is 2.67. The first-order valence-corrected chi connectivity index (χ1v) is 8.96. The van der Waals surface area contributed by atoms with E-state index in [4.69, 9.17) is 14.2 Å². The highest BCUT2D eigenvalue weighted by molar-refractivity contribution is 5.95. The molecule has 3 aromatic carbocycles. The van der Waals surface area contributed by atoms with E-state index in [9.17, 15) is 9.59 Å². The number of amides is 1. The van der Waals surface area contributed by atoms with Crippen molar-refractivity contribution in [3.05, 3.63) is 89.5 Å². The minimum absolute atomic E-state index is 0.255. The van der Waals surface area contributed by atoms with Crippen LogP contribution >= 0.6 is 0 Å². The fourth-order valence-electron chi connectivity index (χ4n) is 2.67. The van der Waals surface area contributed by atoms with Gasteiger partial charge < -0.3 is 19.5 Å². The van der Waals surface area contributed by atoms with Gasteiger partial charge in [0, 0.05) is 18.2 Å². The van der Waals surface area contributed by atoms with Crippen LogP contribution in [0.3, 0.4) is 0 Å². The lowest BCUT2D eigenvalue weighted by atomic mass is 10.1. The van der Waals surface area contributed by atoms with Crippen molar-refractivity contribution in [3.8, 4) is 17.2 Å². The number of esters is 1. The lowest BCUT2D eigenvalue weighted by Gasteiger charge is -2.10. The highest BCUT2D eigenvalue weighted by Crippen LogP contribution is 2.24. The van der Waals surface area contributed by atoms with Crippen LogP contribution in [-0.4, -0.2) is 26.1 Å². The Bertz CT molecular complexity index is 979. The number of carbonyl (C=O) groups is 2. The number of methoxy groups -OCH3 is 2. The summed E-state index contributed by atoms with van der Waals surface area (Å²) in [4.78, 5) is 24.9. The van der Waals surface area contributed by atoms with Crippen molar-refractivity contribution in [2.75, 3.05) is 14.2 Å². The average molecular weight is 391 g/mol. The molecular formula is C23H21NO5. The predicted octanol–water partition coefficient (Wildman–Crippen LogP) is 3.85. The van der Waals surface area contributed by atoms with Crippen LogP contribution < -0.4 is 19.5 Å². The van der Waals surface area contributed by atoms with Gasteiger partial charge in [-0.2, -0.15) is 0 Å². The van der Waals surface area contributed by atoms with Crippen molar-refractivity contribution in [1.82, 2.24) is 5.32 Å². The Morgan fingerprint density at radius 2 is 1.41 bits per heavy atom. The van der Waals surface area contributed by atoms with Gasteiger partial charge in [0.15, 0.2) is 0 Å². The van der Waals surface area contributed by atoms with Crippen LogP contribution in [0, 0.1) is 0 Å². The largest absolute Gasteiger partial charge is 0.497 e. The number of carbonyl (C=O) groups excluding carboxylic acids is 2. The minimum atomic E-state index is -0.580. The van der Waals surface area contributed by atoms with E-state index in [0.29, 0.717) is 23.6 Å². The molecule has 0 fully saturated rings. The molecule has 0 radical (unpaired) electrons. The zero-order valence-corrected chi connectivity index (χ0v) is 16.2. The SMILES string of the molecule is COc1cc(OC)cc(C(=O)Oc2cccc(C(=O)NCc3ccccc3)c2)c1. The monoisotopic (exact) mass is 391 g/mol. The van der Waals surface area contributed by atoms with Crippen LogP contribution in [-0.2, 0) is 6.54 Å². The third kappa shape index (κ3) is 5.35. The summed E-state index contributed by atoms with van der Waals surface area (Å²) < 4.78 is 15.8. The Hall–Kier alpha value is -3.80. The molecule has 0 spiro atoms. The van der Waals surface area contributed by atoms with E-state index in [-0.39, 0.29) is 17.2 Å². The topological polar surface area (TPSA) is 73.9 Å². The molecule has 1 amide bonds. The molecule has 3 rings (SSSR count). The first kappa shape index (κ1) is 19.9. The van der Waals surface area contributed by atoms with Gasteiger partial charge in [0.2, 0.25) is 0 Å². The van der Waals surface area contributed by atoms with Crippen molar-refractivity contribution in [2.24, 2.45) is 0 Å². The van der Waals surface area contributed by atoms with E-state index in [1.807, 2.05) is 30.3 Å². The van der Waals surface area contributed by atoms with Crippen molar-refractivity contribution in [2.45, 2.75) is 6.54 Å². The quantitative estimate of drug-likeness (QED) is 0.489. The summed E-state index contributed by atoms with van der Waals surface area (Å²) in [6.07, 6.45) is 0. The molecule has 0 aliphatic carbocycles. The van der Waals surface area contributed by atoms with E-state index in [1.165, 1.54) is 20.3 Å². The molecule has 0 atom stereocenters. The van der Waals surface area contributed by atoms with Crippen LogP contribution in [0.5, 0.6) is 17.2 Å². The van der Waals surface area contributed by atoms with Crippen LogP contribution in [0.1, 0.15) is 26.3 Å². The first-order valence-electron chi connectivity index (χ1n) is 8.96. The molecule has 6 heteroatoms.